The smallest absolute Gasteiger partial charge is 0.113 e. The van der Waals surface area contributed by atoms with Gasteiger partial charge in [-0.25, -0.2) is 9.97 Å². The second-order valence-electron chi connectivity index (χ2n) is 5.90. The van der Waals surface area contributed by atoms with Gasteiger partial charge < -0.3 is 0 Å². The molecule has 0 saturated heterocycles. The van der Waals surface area contributed by atoms with E-state index in [9.17, 15) is 0 Å². The Labute approximate surface area is 144 Å². The van der Waals surface area contributed by atoms with Crippen molar-refractivity contribution < 1.29 is 0 Å². The van der Waals surface area contributed by atoms with E-state index in [1.54, 1.807) is 0 Å². The zero-order valence-corrected chi connectivity index (χ0v) is 14.7. The lowest BCUT2D eigenvalue weighted by Crippen LogP contribution is -2.10. The molecule has 2 aromatic rings. The lowest BCUT2D eigenvalue weighted by molar-refractivity contribution is 0.464. The minimum absolute atomic E-state index is 0.709. The van der Waals surface area contributed by atoms with Crippen LogP contribution in [0.3, 0.4) is 0 Å². The number of hydrogen-bond donors (Lipinski definition) is 0. The van der Waals surface area contributed by atoms with Gasteiger partial charge in [-0.05, 0) is 64.3 Å². The molecule has 0 spiro atoms. The van der Waals surface area contributed by atoms with E-state index in [2.05, 4.69) is 33.6 Å². The first-order chi connectivity index (χ1) is 11.5. The van der Waals surface area contributed by atoms with Crippen molar-refractivity contribution in [3.05, 3.63) is 47.8 Å². The van der Waals surface area contributed by atoms with E-state index in [-0.39, 0.29) is 0 Å². The van der Waals surface area contributed by atoms with Crippen LogP contribution in [0.1, 0.15) is 11.4 Å². The molecule has 0 aliphatic carbocycles. The minimum atomic E-state index is 0.709. The predicted molar refractivity (Wildman–Crippen MR) is 98.3 cm³/mol. The molecule has 2 aromatic heterocycles. The van der Waals surface area contributed by atoms with Gasteiger partial charge in [0.1, 0.15) is 11.4 Å². The van der Waals surface area contributed by atoms with E-state index < -0.39 is 0 Å². The van der Waals surface area contributed by atoms with Gasteiger partial charge in [-0.3, -0.25) is 9.80 Å². The average molecular weight is 318 g/mol. The SMILES string of the molecule is CN(C)CC#Cc1cccc(-c2cccc(C#CCN(C)C)n2)n1. The number of nitrogens with zero attached hydrogens (tertiary/aromatic N) is 4. The molecule has 0 aliphatic rings. The molecule has 0 bridgehead atoms. The summed E-state index contributed by atoms with van der Waals surface area (Å²) in [4.78, 5) is 13.2. The fourth-order valence-corrected chi connectivity index (χ4v) is 1.87. The first-order valence-corrected chi connectivity index (χ1v) is 7.76. The normalized spacial score (nSPS) is 10.1. The summed E-state index contributed by atoms with van der Waals surface area (Å²) in [6.07, 6.45) is 0. The van der Waals surface area contributed by atoms with Crippen LogP contribution in [0.2, 0.25) is 0 Å². The second kappa shape index (κ2) is 8.84. The van der Waals surface area contributed by atoms with E-state index >= 15 is 0 Å². The van der Waals surface area contributed by atoms with Gasteiger partial charge in [-0.15, -0.1) is 0 Å². The molecular weight excluding hydrogens is 296 g/mol. The molecule has 4 heteroatoms. The zero-order chi connectivity index (χ0) is 17.4. The van der Waals surface area contributed by atoms with E-state index in [1.807, 2.05) is 74.4 Å². The third-order valence-corrected chi connectivity index (χ3v) is 2.98. The van der Waals surface area contributed by atoms with Crippen molar-refractivity contribution >= 4 is 0 Å². The van der Waals surface area contributed by atoms with E-state index in [1.165, 1.54) is 0 Å². The fourth-order valence-electron chi connectivity index (χ4n) is 1.87. The second-order valence-corrected chi connectivity index (χ2v) is 5.90. The third kappa shape index (κ3) is 5.85. The van der Waals surface area contributed by atoms with Crippen molar-refractivity contribution in [3.63, 3.8) is 0 Å². The Morgan fingerprint density at radius 1 is 0.708 bits per heavy atom. The molecule has 122 valence electrons. The maximum absolute atomic E-state index is 4.58. The van der Waals surface area contributed by atoms with Crippen LogP contribution in [0, 0.1) is 23.7 Å². The molecule has 0 aromatic carbocycles. The summed E-state index contributed by atoms with van der Waals surface area (Å²) in [5, 5.41) is 0. The summed E-state index contributed by atoms with van der Waals surface area (Å²) >= 11 is 0. The molecule has 0 amide bonds. The largest absolute Gasteiger partial charge is 0.299 e. The quantitative estimate of drug-likeness (QED) is 0.810. The van der Waals surface area contributed by atoms with Gasteiger partial charge in [0.05, 0.1) is 24.5 Å². The predicted octanol–water partition coefficient (Wildman–Crippen LogP) is 1.97. The molecule has 0 unspecified atom stereocenters. The summed E-state index contributed by atoms with van der Waals surface area (Å²) in [5.41, 5.74) is 3.12. The molecule has 0 N–H and O–H groups in total. The first-order valence-electron chi connectivity index (χ1n) is 7.76. The van der Waals surface area contributed by atoms with Crippen molar-refractivity contribution in [2.45, 2.75) is 0 Å². The van der Waals surface area contributed by atoms with Crippen molar-refractivity contribution in [2.24, 2.45) is 0 Å². The monoisotopic (exact) mass is 318 g/mol. The van der Waals surface area contributed by atoms with Crippen LogP contribution in [-0.2, 0) is 0 Å². The summed E-state index contributed by atoms with van der Waals surface area (Å²) in [6.45, 7) is 1.42. The molecular formula is C20H22N4. The van der Waals surface area contributed by atoms with Crippen molar-refractivity contribution in [1.29, 1.82) is 0 Å². The third-order valence-electron chi connectivity index (χ3n) is 2.98. The molecule has 0 saturated carbocycles. The van der Waals surface area contributed by atoms with Gasteiger partial charge in [0.25, 0.3) is 0 Å². The maximum Gasteiger partial charge on any atom is 0.113 e. The number of hydrogen-bond acceptors (Lipinski definition) is 4. The summed E-state index contributed by atoms with van der Waals surface area (Å²) in [7, 11) is 7.97. The Kier molecular flexibility index (Phi) is 6.51. The standard InChI is InChI=1S/C20H22N4/c1-23(2)15-7-11-17-9-5-13-19(21-17)20-14-6-10-18(22-20)12-8-16-24(3)4/h5-6,9-10,13-14H,15-16H2,1-4H3. The lowest BCUT2D eigenvalue weighted by Gasteiger charge is -2.03. The van der Waals surface area contributed by atoms with Gasteiger partial charge in [-0.2, -0.15) is 0 Å². The molecule has 0 atom stereocenters. The fraction of sp³-hybridized carbons (Fsp3) is 0.300. The summed E-state index contributed by atoms with van der Waals surface area (Å²) in [5.74, 6) is 12.4. The van der Waals surface area contributed by atoms with Crippen LogP contribution < -0.4 is 0 Å². The Balaban J connectivity index is 2.21. The van der Waals surface area contributed by atoms with Crippen LogP contribution in [0.4, 0.5) is 0 Å². The molecule has 0 radical (unpaired) electrons. The highest BCUT2D eigenvalue weighted by molar-refractivity contribution is 5.56. The first kappa shape index (κ1) is 17.7. The van der Waals surface area contributed by atoms with Crippen LogP contribution >= 0.6 is 0 Å². The molecule has 2 rings (SSSR count). The molecule has 0 fully saturated rings. The van der Waals surface area contributed by atoms with Crippen molar-refractivity contribution in [3.8, 4) is 35.1 Å². The minimum Gasteiger partial charge on any atom is -0.299 e. The highest BCUT2D eigenvalue weighted by Gasteiger charge is 2.02. The van der Waals surface area contributed by atoms with E-state index in [4.69, 9.17) is 0 Å². The van der Waals surface area contributed by atoms with Crippen molar-refractivity contribution in [2.75, 3.05) is 41.3 Å². The highest BCUT2D eigenvalue weighted by Crippen LogP contribution is 2.14. The number of aromatic nitrogens is 2. The van der Waals surface area contributed by atoms with Crippen LogP contribution in [-0.4, -0.2) is 61.0 Å². The van der Waals surface area contributed by atoms with Crippen LogP contribution in [0.15, 0.2) is 36.4 Å². The van der Waals surface area contributed by atoms with Gasteiger partial charge in [0.2, 0.25) is 0 Å². The van der Waals surface area contributed by atoms with Gasteiger partial charge in [0, 0.05) is 0 Å². The van der Waals surface area contributed by atoms with Gasteiger partial charge in [-0.1, -0.05) is 24.0 Å². The number of pyridine rings is 2. The van der Waals surface area contributed by atoms with Crippen LogP contribution in [0.5, 0.6) is 0 Å². The number of rotatable bonds is 3. The summed E-state index contributed by atoms with van der Waals surface area (Å²) < 4.78 is 0. The molecule has 0 aliphatic heterocycles. The Morgan fingerprint density at radius 2 is 1.12 bits per heavy atom. The molecule has 4 nitrogen and oxygen atoms in total. The zero-order valence-electron chi connectivity index (χ0n) is 14.7. The highest BCUT2D eigenvalue weighted by atomic mass is 15.0. The van der Waals surface area contributed by atoms with Crippen LogP contribution in [0.25, 0.3) is 11.4 Å². The van der Waals surface area contributed by atoms with E-state index in [0.29, 0.717) is 13.1 Å². The van der Waals surface area contributed by atoms with E-state index in [0.717, 1.165) is 22.8 Å². The van der Waals surface area contributed by atoms with Crippen molar-refractivity contribution in [1.82, 2.24) is 19.8 Å². The Hall–Kier alpha value is -2.66. The Morgan fingerprint density at radius 3 is 1.50 bits per heavy atom. The molecule has 24 heavy (non-hydrogen) atoms. The molecule has 2 heterocycles. The van der Waals surface area contributed by atoms with Gasteiger partial charge in [0.15, 0.2) is 0 Å². The summed E-state index contributed by atoms with van der Waals surface area (Å²) in [6, 6.07) is 11.6. The maximum atomic E-state index is 4.58. The average Bonchev–Trinajstić information content (AvgIpc) is 2.55. The lowest BCUT2D eigenvalue weighted by atomic mass is 10.2. The van der Waals surface area contributed by atoms with Gasteiger partial charge >= 0.3 is 0 Å². The topological polar surface area (TPSA) is 32.3 Å². The Bertz CT molecular complexity index is 732.